The number of aryl methyl sites for hydroxylation is 1. The summed E-state index contributed by atoms with van der Waals surface area (Å²) in [6, 6.07) is 12.6. The molecule has 4 heterocycles. The van der Waals surface area contributed by atoms with Crippen LogP contribution in [0, 0.1) is 6.92 Å². The molecule has 0 radical (unpaired) electrons. The highest BCUT2D eigenvalue weighted by Gasteiger charge is 2.24. The summed E-state index contributed by atoms with van der Waals surface area (Å²) in [7, 11) is 0.511. The predicted molar refractivity (Wildman–Crippen MR) is 137 cm³/mol. The van der Waals surface area contributed by atoms with Gasteiger partial charge in [-0.2, -0.15) is 0 Å². The lowest BCUT2D eigenvalue weighted by Crippen LogP contribution is -2.30. The van der Waals surface area contributed by atoms with E-state index in [1.54, 1.807) is 30.3 Å². The van der Waals surface area contributed by atoms with E-state index in [-0.39, 0.29) is 0 Å². The number of hydrogen-bond acceptors (Lipinski definition) is 7. The molecule has 178 valence electrons. The van der Waals surface area contributed by atoms with Gasteiger partial charge in [0.05, 0.1) is 16.8 Å². The summed E-state index contributed by atoms with van der Waals surface area (Å²) < 4.78 is 1.91. The number of aromatic nitrogens is 3. The molecular weight excluding hydrogens is 443 g/mol. The molecule has 1 aliphatic heterocycles. The molecule has 0 spiro atoms. The molecule has 0 fully saturated rings. The van der Waals surface area contributed by atoms with Gasteiger partial charge in [-0.05, 0) is 54.6 Å². The van der Waals surface area contributed by atoms with Crippen molar-refractivity contribution in [3.05, 3.63) is 70.9 Å². The number of anilines is 2. The minimum Gasteiger partial charge on any atom is -0.423 e. The van der Waals surface area contributed by atoms with E-state index in [1.807, 2.05) is 36.7 Å². The lowest BCUT2D eigenvalue weighted by atomic mass is 9.79. The number of carbonyl (C=O) groups is 1. The van der Waals surface area contributed by atoms with Crippen LogP contribution in [0.2, 0.25) is 0 Å². The van der Waals surface area contributed by atoms with Gasteiger partial charge in [0.1, 0.15) is 11.6 Å². The van der Waals surface area contributed by atoms with E-state index in [0.717, 1.165) is 58.9 Å². The lowest BCUT2D eigenvalue weighted by Gasteiger charge is -2.28. The fourth-order valence-corrected chi connectivity index (χ4v) is 4.74. The quantitative estimate of drug-likeness (QED) is 0.314. The summed E-state index contributed by atoms with van der Waals surface area (Å²) in [5.74, 6) is 1.69. The Hall–Kier alpha value is -3.89. The molecule has 5 N–H and O–H groups in total. The van der Waals surface area contributed by atoms with Gasteiger partial charge in [-0.1, -0.05) is 24.3 Å². The third kappa shape index (κ3) is 4.22. The van der Waals surface area contributed by atoms with Gasteiger partial charge in [0.2, 0.25) is 0 Å². The number of fused-ring (bicyclic) bond motifs is 2. The largest absolute Gasteiger partial charge is 0.488 e. The highest BCUT2D eigenvalue weighted by Crippen LogP contribution is 2.34. The minimum absolute atomic E-state index is 0.440. The molecule has 4 aromatic rings. The normalized spacial score (nSPS) is 13.1. The third-order valence-corrected chi connectivity index (χ3v) is 6.45. The second-order valence-corrected chi connectivity index (χ2v) is 8.91. The van der Waals surface area contributed by atoms with Crippen molar-refractivity contribution < 1.29 is 14.8 Å². The van der Waals surface area contributed by atoms with Gasteiger partial charge >= 0.3 is 7.12 Å². The summed E-state index contributed by atoms with van der Waals surface area (Å²) in [6.45, 7) is 3.34. The second-order valence-electron chi connectivity index (χ2n) is 8.91. The monoisotopic (exact) mass is 470 g/mol. The maximum Gasteiger partial charge on any atom is 0.488 e. The van der Waals surface area contributed by atoms with Crippen LogP contribution in [0.4, 0.5) is 11.6 Å². The van der Waals surface area contributed by atoms with Gasteiger partial charge in [-0.3, -0.25) is 4.79 Å². The Morgan fingerprint density at radius 3 is 2.80 bits per heavy atom. The van der Waals surface area contributed by atoms with Crippen LogP contribution in [0.3, 0.4) is 0 Å². The summed E-state index contributed by atoms with van der Waals surface area (Å²) in [5.41, 5.74) is 10.9. The molecule has 10 heteroatoms. The van der Waals surface area contributed by atoms with Gasteiger partial charge in [-0.25, -0.2) is 9.97 Å². The van der Waals surface area contributed by atoms with Crippen molar-refractivity contribution in [3.8, 4) is 11.5 Å². The van der Waals surface area contributed by atoms with E-state index in [0.29, 0.717) is 23.4 Å². The Morgan fingerprint density at radius 2 is 2.03 bits per heavy atom. The summed E-state index contributed by atoms with van der Waals surface area (Å²) in [4.78, 5) is 24.0. The number of primary amides is 1. The van der Waals surface area contributed by atoms with Crippen molar-refractivity contribution in [3.63, 3.8) is 0 Å². The molecule has 3 aromatic heterocycles. The van der Waals surface area contributed by atoms with Gasteiger partial charge < -0.3 is 30.4 Å². The fourth-order valence-electron chi connectivity index (χ4n) is 4.74. The van der Waals surface area contributed by atoms with E-state index in [4.69, 9.17) is 15.7 Å². The Morgan fingerprint density at radius 1 is 1.20 bits per heavy atom. The van der Waals surface area contributed by atoms with Crippen LogP contribution in [0.1, 0.15) is 33.5 Å². The Bertz CT molecular complexity index is 1430. The number of amides is 1. The Kier molecular flexibility index (Phi) is 5.92. The molecule has 1 aliphatic rings. The number of pyridine rings is 1. The van der Waals surface area contributed by atoms with Crippen LogP contribution < -0.4 is 21.4 Å². The Balaban J connectivity index is 1.60. The van der Waals surface area contributed by atoms with E-state index < -0.39 is 13.0 Å². The molecule has 0 unspecified atom stereocenters. The standard InChI is InChI=1S/C25H27BN6O3/c1-15-12-20-18(22(27)33)8-5-11-32(20)21(15)24-29-23(19-9-4-10-31(2)25(19)30-24)28-14-16-6-3-7-17(13-16)26(34)35/h3,5-8,11-13,34-35H,4,9-10,14H2,1-2H3,(H2,27,33)(H,28,29,30). The minimum atomic E-state index is -1.52. The number of carbonyl (C=O) groups excluding carboxylic acids is 1. The summed E-state index contributed by atoms with van der Waals surface area (Å²) in [6.07, 6.45) is 3.74. The summed E-state index contributed by atoms with van der Waals surface area (Å²) in [5, 5.41) is 22.5. The molecule has 9 nitrogen and oxygen atoms in total. The average molecular weight is 470 g/mol. The highest BCUT2D eigenvalue weighted by atomic mass is 16.4. The smallest absolute Gasteiger partial charge is 0.423 e. The zero-order chi connectivity index (χ0) is 24.7. The van der Waals surface area contributed by atoms with Crippen molar-refractivity contribution in [2.24, 2.45) is 5.73 Å². The second kappa shape index (κ2) is 9.05. The van der Waals surface area contributed by atoms with E-state index in [1.165, 1.54) is 0 Å². The maximum atomic E-state index is 12.0. The zero-order valence-electron chi connectivity index (χ0n) is 19.7. The molecule has 0 saturated heterocycles. The molecule has 5 rings (SSSR count). The number of hydrogen-bond donors (Lipinski definition) is 4. The topological polar surface area (TPSA) is 129 Å². The van der Waals surface area contributed by atoms with Crippen LogP contribution >= 0.6 is 0 Å². The van der Waals surface area contributed by atoms with Crippen molar-refractivity contribution in [1.29, 1.82) is 0 Å². The SMILES string of the molecule is Cc1cc2c(C(N)=O)cccn2c1-c1nc(NCc2cccc(B(O)O)c2)c2c(n1)N(C)CCC2. The maximum absolute atomic E-state index is 12.0. The van der Waals surface area contributed by atoms with Gasteiger partial charge in [0, 0.05) is 31.9 Å². The number of rotatable bonds is 6. The van der Waals surface area contributed by atoms with E-state index in [2.05, 4.69) is 10.2 Å². The predicted octanol–water partition coefficient (Wildman–Crippen LogP) is 1.48. The number of nitrogens with two attached hydrogens (primary N) is 1. The molecule has 0 atom stereocenters. The first kappa shape index (κ1) is 22.9. The molecule has 0 aliphatic carbocycles. The zero-order valence-corrected chi connectivity index (χ0v) is 19.7. The molecule has 0 saturated carbocycles. The fraction of sp³-hybridized carbons (Fsp3) is 0.240. The molecular formula is C25H27BN6O3. The first-order valence-corrected chi connectivity index (χ1v) is 11.5. The first-order chi connectivity index (χ1) is 16.8. The van der Waals surface area contributed by atoms with Crippen LogP contribution in [0.5, 0.6) is 0 Å². The molecule has 0 bridgehead atoms. The first-order valence-electron chi connectivity index (χ1n) is 11.5. The number of benzene rings is 1. The van der Waals surface area contributed by atoms with Gasteiger partial charge in [0.25, 0.3) is 5.91 Å². The highest BCUT2D eigenvalue weighted by molar-refractivity contribution is 6.58. The van der Waals surface area contributed by atoms with Gasteiger partial charge in [0.15, 0.2) is 5.82 Å². The van der Waals surface area contributed by atoms with Crippen LogP contribution in [0.15, 0.2) is 48.7 Å². The van der Waals surface area contributed by atoms with Crippen LogP contribution in [-0.4, -0.2) is 51.0 Å². The molecule has 1 amide bonds. The Labute approximate surface area is 203 Å². The van der Waals surface area contributed by atoms with Gasteiger partial charge in [-0.15, -0.1) is 0 Å². The number of nitrogens with one attached hydrogen (secondary N) is 1. The lowest BCUT2D eigenvalue weighted by molar-refractivity contribution is 0.100. The third-order valence-electron chi connectivity index (χ3n) is 6.45. The van der Waals surface area contributed by atoms with Crippen molar-refractivity contribution >= 4 is 35.6 Å². The van der Waals surface area contributed by atoms with E-state index in [9.17, 15) is 14.8 Å². The average Bonchev–Trinajstić information content (AvgIpc) is 3.18. The van der Waals surface area contributed by atoms with Crippen LogP contribution in [0.25, 0.3) is 17.0 Å². The van der Waals surface area contributed by atoms with Crippen molar-refractivity contribution in [2.75, 3.05) is 23.8 Å². The van der Waals surface area contributed by atoms with E-state index >= 15 is 0 Å². The molecule has 1 aromatic carbocycles. The molecule has 35 heavy (non-hydrogen) atoms. The van der Waals surface area contributed by atoms with Crippen molar-refractivity contribution in [1.82, 2.24) is 14.4 Å². The number of nitrogens with zero attached hydrogens (tertiary/aromatic N) is 4. The summed E-state index contributed by atoms with van der Waals surface area (Å²) >= 11 is 0. The van der Waals surface area contributed by atoms with Crippen LogP contribution in [-0.2, 0) is 13.0 Å². The van der Waals surface area contributed by atoms with Crippen molar-refractivity contribution in [2.45, 2.75) is 26.3 Å².